The van der Waals surface area contributed by atoms with E-state index in [4.69, 9.17) is 0 Å². The van der Waals surface area contributed by atoms with Gasteiger partial charge in [-0.05, 0) is 12.8 Å². The highest BCUT2D eigenvalue weighted by Gasteiger charge is 2.39. The highest BCUT2D eigenvalue weighted by atomic mass is 19.4. The second-order valence-corrected chi connectivity index (χ2v) is 3.21. The van der Waals surface area contributed by atoms with Gasteiger partial charge in [0, 0.05) is 6.42 Å². The van der Waals surface area contributed by atoms with Gasteiger partial charge < -0.3 is 4.79 Å². The Morgan fingerprint density at radius 3 is 2.00 bits per heavy atom. The van der Waals surface area contributed by atoms with Crippen molar-refractivity contribution >= 4 is 5.78 Å². The quantitative estimate of drug-likeness (QED) is 0.655. The standard InChI is InChI=1S/C8H13F3O/c1-5(4-6(2)12)7(3)8(9,10)11/h5,7H,4H2,1-3H3/t5-,7+/m1/s1. The first-order chi connectivity index (χ1) is 5.25. The van der Waals surface area contributed by atoms with Gasteiger partial charge in [0.05, 0.1) is 5.92 Å². The topological polar surface area (TPSA) is 17.1 Å². The second kappa shape index (κ2) is 3.92. The normalized spacial score (nSPS) is 17.2. The minimum atomic E-state index is -4.19. The number of halogens is 3. The van der Waals surface area contributed by atoms with E-state index in [1.165, 1.54) is 13.8 Å². The van der Waals surface area contributed by atoms with E-state index < -0.39 is 18.0 Å². The molecule has 0 rings (SSSR count). The Bertz CT molecular complexity index is 162. The molecule has 0 aromatic carbocycles. The van der Waals surface area contributed by atoms with E-state index in [-0.39, 0.29) is 12.2 Å². The van der Waals surface area contributed by atoms with Crippen LogP contribution in [0.15, 0.2) is 0 Å². The molecule has 0 saturated carbocycles. The van der Waals surface area contributed by atoms with Crippen molar-refractivity contribution in [3.63, 3.8) is 0 Å². The molecule has 0 aliphatic heterocycles. The summed E-state index contributed by atoms with van der Waals surface area (Å²) in [5.74, 6) is -2.22. The highest BCUT2D eigenvalue weighted by Crippen LogP contribution is 2.32. The molecule has 1 nitrogen and oxygen atoms in total. The van der Waals surface area contributed by atoms with Crippen LogP contribution in [0.5, 0.6) is 0 Å². The van der Waals surface area contributed by atoms with E-state index in [1.807, 2.05) is 0 Å². The van der Waals surface area contributed by atoms with Gasteiger partial charge in [-0.2, -0.15) is 13.2 Å². The fourth-order valence-electron chi connectivity index (χ4n) is 0.953. The average molecular weight is 182 g/mol. The van der Waals surface area contributed by atoms with Gasteiger partial charge in [0.1, 0.15) is 5.78 Å². The molecule has 0 saturated heterocycles. The number of Topliss-reactive ketones (excluding diaryl/α,β-unsaturated/α-hetero) is 1. The molecule has 0 aromatic heterocycles. The van der Waals surface area contributed by atoms with Gasteiger partial charge >= 0.3 is 6.18 Å². The number of hydrogen-bond acceptors (Lipinski definition) is 1. The molecule has 0 bridgehead atoms. The van der Waals surface area contributed by atoms with Crippen LogP contribution in [0.4, 0.5) is 13.2 Å². The Kier molecular flexibility index (Phi) is 3.74. The molecule has 0 aliphatic carbocycles. The molecule has 12 heavy (non-hydrogen) atoms. The summed E-state index contributed by atoms with van der Waals surface area (Å²) in [6.07, 6.45) is -4.18. The van der Waals surface area contributed by atoms with Crippen molar-refractivity contribution < 1.29 is 18.0 Å². The lowest BCUT2D eigenvalue weighted by molar-refractivity contribution is -0.182. The van der Waals surface area contributed by atoms with E-state index in [9.17, 15) is 18.0 Å². The first kappa shape index (κ1) is 11.5. The Morgan fingerprint density at radius 1 is 1.33 bits per heavy atom. The molecular formula is C8H13F3O. The molecule has 0 heterocycles. The summed E-state index contributed by atoms with van der Waals surface area (Å²) < 4.78 is 36.1. The molecule has 0 aliphatic rings. The molecule has 0 radical (unpaired) electrons. The van der Waals surface area contributed by atoms with Crippen LogP contribution in [0.25, 0.3) is 0 Å². The minimum Gasteiger partial charge on any atom is -0.300 e. The van der Waals surface area contributed by atoms with E-state index in [0.29, 0.717) is 0 Å². The van der Waals surface area contributed by atoms with Crippen LogP contribution in [0, 0.1) is 11.8 Å². The van der Waals surface area contributed by atoms with Crippen molar-refractivity contribution in [3.05, 3.63) is 0 Å². The highest BCUT2D eigenvalue weighted by molar-refractivity contribution is 5.75. The molecule has 0 unspecified atom stereocenters. The van der Waals surface area contributed by atoms with Crippen LogP contribution >= 0.6 is 0 Å². The zero-order valence-electron chi connectivity index (χ0n) is 7.40. The minimum absolute atomic E-state index is 0.000671. The Balaban J connectivity index is 4.10. The van der Waals surface area contributed by atoms with Crippen LogP contribution in [-0.2, 0) is 4.79 Å². The third-order valence-electron chi connectivity index (χ3n) is 1.98. The zero-order chi connectivity index (χ0) is 9.94. The molecular weight excluding hydrogens is 169 g/mol. The number of ketones is 1. The van der Waals surface area contributed by atoms with E-state index in [1.54, 1.807) is 0 Å². The Hall–Kier alpha value is -0.540. The van der Waals surface area contributed by atoms with Crippen LogP contribution < -0.4 is 0 Å². The fourth-order valence-corrected chi connectivity index (χ4v) is 0.953. The smallest absolute Gasteiger partial charge is 0.300 e. The largest absolute Gasteiger partial charge is 0.391 e. The van der Waals surface area contributed by atoms with Crippen LogP contribution in [0.1, 0.15) is 27.2 Å². The SMILES string of the molecule is CC(=O)C[C@@H](C)[C@H](C)C(F)(F)F. The summed E-state index contributed by atoms with van der Waals surface area (Å²) in [6, 6.07) is 0. The lowest BCUT2D eigenvalue weighted by atomic mass is 9.91. The van der Waals surface area contributed by atoms with Gasteiger partial charge in [-0.25, -0.2) is 0 Å². The average Bonchev–Trinajstić information content (AvgIpc) is 1.82. The van der Waals surface area contributed by atoms with Crippen molar-refractivity contribution in [2.75, 3.05) is 0 Å². The lowest BCUT2D eigenvalue weighted by Gasteiger charge is -2.21. The second-order valence-electron chi connectivity index (χ2n) is 3.21. The number of alkyl halides is 3. The molecule has 0 amide bonds. The van der Waals surface area contributed by atoms with Gasteiger partial charge in [0.15, 0.2) is 0 Å². The van der Waals surface area contributed by atoms with E-state index in [2.05, 4.69) is 0 Å². The van der Waals surface area contributed by atoms with Gasteiger partial charge in [0.25, 0.3) is 0 Å². The van der Waals surface area contributed by atoms with Crippen LogP contribution in [0.2, 0.25) is 0 Å². The van der Waals surface area contributed by atoms with Crippen molar-refractivity contribution in [2.24, 2.45) is 11.8 Å². The Morgan fingerprint density at radius 2 is 1.75 bits per heavy atom. The van der Waals surface area contributed by atoms with Crippen LogP contribution in [0.3, 0.4) is 0 Å². The van der Waals surface area contributed by atoms with E-state index >= 15 is 0 Å². The lowest BCUT2D eigenvalue weighted by Crippen LogP contribution is -2.27. The molecule has 72 valence electrons. The third-order valence-corrected chi connectivity index (χ3v) is 1.98. The third kappa shape index (κ3) is 3.74. The van der Waals surface area contributed by atoms with Crippen molar-refractivity contribution in [1.82, 2.24) is 0 Å². The summed E-state index contributed by atoms with van der Waals surface area (Å²) >= 11 is 0. The van der Waals surface area contributed by atoms with Crippen molar-refractivity contribution in [2.45, 2.75) is 33.4 Å². The number of rotatable bonds is 3. The fraction of sp³-hybridized carbons (Fsp3) is 0.875. The van der Waals surface area contributed by atoms with Crippen molar-refractivity contribution in [3.8, 4) is 0 Å². The number of carbonyl (C=O) groups is 1. The molecule has 0 N–H and O–H groups in total. The van der Waals surface area contributed by atoms with Gasteiger partial charge in [-0.15, -0.1) is 0 Å². The summed E-state index contributed by atoms with van der Waals surface area (Å²) in [6.45, 7) is 3.85. The molecule has 2 atom stereocenters. The summed E-state index contributed by atoms with van der Waals surface area (Å²) in [4.78, 5) is 10.5. The van der Waals surface area contributed by atoms with E-state index in [0.717, 1.165) is 6.92 Å². The van der Waals surface area contributed by atoms with Crippen LogP contribution in [-0.4, -0.2) is 12.0 Å². The molecule has 0 aromatic rings. The molecule has 0 fully saturated rings. The predicted octanol–water partition coefficient (Wildman–Crippen LogP) is 2.80. The predicted molar refractivity (Wildman–Crippen MR) is 39.7 cm³/mol. The zero-order valence-corrected chi connectivity index (χ0v) is 7.40. The maximum Gasteiger partial charge on any atom is 0.391 e. The summed E-state index contributed by atoms with van der Waals surface area (Å²) in [5, 5.41) is 0. The number of hydrogen-bond donors (Lipinski definition) is 0. The molecule has 4 heteroatoms. The summed E-state index contributed by atoms with van der Waals surface area (Å²) in [7, 11) is 0. The first-order valence-electron chi connectivity index (χ1n) is 3.81. The Labute approximate surface area is 70.0 Å². The van der Waals surface area contributed by atoms with Gasteiger partial charge in [0.2, 0.25) is 0 Å². The number of carbonyl (C=O) groups excluding carboxylic acids is 1. The molecule has 0 spiro atoms. The van der Waals surface area contributed by atoms with Gasteiger partial charge in [-0.3, -0.25) is 0 Å². The monoisotopic (exact) mass is 182 g/mol. The maximum absolute atomic E-state index is 12.0. The maximum atomic E-state index is 12.0. The van der Waals surface area contributed by atoms with Crippen molar-refractivity contribution in [1.29, 1.82) is 0 Å². The summed E-state index contributed by atoms with van der Waals surface area (Å²) in [5.41, 5.74) is 0. The van der Waals surface area contributed by atoms with Gasteiger partial charge in [-0.1, -0.05) is 13.8 Å². The first-order valence-corrected chi connectivity index (χ1v) is 3.81.